The van der Waals surface area contributed by atoms with Gasteiger partial charge >= 0.3 is 0 Å². The molecule has 0 aliphatic rings. The van der Waals surface area contributed by atoms with E-state index in [1.165, 1.54) is 11.1 Å². The van der Waals surface area contributed by atoms with Crippen LogP contribution in [0.2, 0.25) is 5.15 Å². The maximum atomic E-state index is 12.4. The third-order valence-corrected chi connectivity index (χ3v) is 7.01. The number of carbonyl (C=O) groups excluding carboxylic acids is 1. The minimum absolute atomic E-state index is 0.00793. The summed E-state index contributed by atoms with van der Waals surface area (Å²) in [5.41, 5.74) is 13.7. The predicted octanol–water partition coefficient (Wildman–Crippen LogP) is 2.48. The number of aromatic nitrogens is 2. The van der Waals surface area contributed by atoms with Crippen LogP contribution in [0.15, 0.2) is 48.5 Å². The van der Waals surface area contributed by atoms with E-state index in [4.69, 9.17) is 37.6 Å². The first-order chi connectivity index (χ1) is 20.1. The Balaban J connectivity index is 1.30. The van der Waals surface area contributed by atoms with Crippen molar-refractivity contribution in [3.05, 3.63) is 70.5 Å². The highest BCUT2D eigenvalue weighted by Gasteiger charge is 2.18. The summed E-state index contributed by atoms with van der Waals surface area (Å²) in [5, 5.41) is 21.0. The van der Waals surface area contributed by atoms with Gasteiger partial charge in [0.25, 0.3) is 5.91 Å². The first-order valence-corrected chi connectivity index (χ1v) is 14.3. The van der Waals surface area contributed by atoms with E-state index in [1.807, 2.05) is 36.4 Å². The Labute approximate surface area is 252 Å². The number of benzene rings is 2. The second-order valence-electron chi connectivity index (χ2n) is 10.8. The molecule has 42 heavy (non-hydrogen) atoms. The number of rotatable bonds is 17. The molecule has 0 radical (unpaired) electrons. The van der Waals surface area contributed by atoms with Crippen LogP contribution in [0.5, 0.6) is 11.5 Å². The number of nitrogen functional groups attached to an aromatic ring is 2. The van der Waals surface area contributed by atoms with E-state index in [0.29, 0.717) is 18.9 Å². The first kappa shape index (κ1) is 32.9. The fourth-order valence-corrected chi connectivity index (χ4v) is 4.33. The van der Waals surface area contributed by atoms with Gasteiger partial charge in [-0.3, -0.25) is 4.79 Å². The van der Waals surface area contributed by atoms with Crippen molar-refractivity contribution in [2.75, 3.05) is 65.0 Å². The van der Waals surface area contributed by atoms with E-state index in [2.05, 4.69) is 41.5 Å². The van der Waals surface area contributed by atoms with Crippen molar-refractivity contribution in [2.24, 2.45) is 0 Å². The van der Waals surface area contributed by atoms with Gasteiger partial charge < -0.3 is 41.0 Å². The number of hydrogen-bond donors (Lipinski definition) is 5. The minimum atomic E-state index is -0.874. The zero-order valence-electron chi connectivity index (χ0n) is 24.3. The summed E-state index contributed by atoms with van der Waals surface area (Å²) in [7, 11) is 4.26. The lowest BCUT2D eigenvalue weighted by atomic mass is 10.1. The molecule has 1 amide bonds. The summed E-state index contributed by atoms with van der Waals surface area (Å²) in [6, 6.07) is 15.9. The number of quaternary nitrogens is 1. The number of anilines is 2. The van der Waals surface area contributed by atoms with Crippen LogP contribution in [0.3, 0.4) is 0 Å². The number of carbonyl (C=O) groups is 1. The van der Waals surface area contributed by atoms with Gasteiger partial charge in [-0.2, -0.15) is 0 Å². The van der Waals surface area contributed by atoms with E-state index in [1.54, 1.807) is 0 Å². The van der Waals surface area contributed by atoms with Gasteiger partial charge in [0.15, 0.2) is 22.5 Å². The summed E-state index contributed by atoms with van der Waals surface area (Å²) < 4.78 is 12.1. The number of ether oxygens (including phenoxy) is 2. The van der Waals surface area contributed by atoms with Gasteiger partial charge in [-0.05, 0) is 54.7 Å². The minimum Gasteiger partial charge on any atom is -0.494 e. The van der Waals surface area contributed by atoms with Gasteiger partial charge in [0, 0.05) is 6.42 Å². The van der Waals surface area contributed by atoms with E-state index < -0.39 is 12.0 Å². The SMILES string of the molecule is C[N+](C)(CCCc1ccc(OCCCc2ccc(OC[C@H](O)CO)cc2)cc1)CCNC(=O)c1nc(Cl)c(N)nc1N. The van der Waals surface area contributed by atoms with Gasteiger partial charge in [-0.15, -0.1) is 0 Å². The van der Waals surface area contributed by atoms with Crippen molar-refractivity contribution in [3.63, 3.8) is 0 Å². The van der Waals surface area contributed by atoms with Crippen LogP contribution in [0.4, 0.5) is 11.6 Å². The van der Waals surface area contributed by atoms with Crippen molar-refractivity contribution >= 4 is 29.1 Å². The Hall–Kier alpha value is -3.64. The molecule has 0 saturated carbocycles. The quantitative estimate of drug-likeness (QED) is 0.115. The number of nitrogens with one attached hydrogen (secondary N) is 1. The highest BCUT2D eigenvalue weighted by Crippen LogP contribution is 2.18. The molecule has 2 aromatic carbocycles. The van der Waals surface area contributed by atoms with Gasteiger partial charge in [-0.1, -0.05) is 35.9 Å². The Morgan fingerprint density at radius 3 is 2.14 bits per heavy atom. The molecule has 1 aromatic heterocycles. The lowest BCUT2D eigenvalue weighted by molar-refractivity contribution is -0.889. The van der Waals surface area contributed by atoms with Crippen molar-refractivity contribution in [3.8, 4) is 11.5 Å². The van der Waals surface area contributed by atoms with Crippen LogP contribution in [0.25, 0.3) is 0 Å². The number of aliphatic hydroxyl groups is 2. The fourth-order valence-electron chi connectivity index (χ4n) is 4.20. The fraction of sp³-hybridized carbons (Fsp3) is 0.433. The summed E-state index contributed by atoms with van der Waals surface area (Å²) in [4.78, 5) is 20.2. The molecule has 1 atom stereocenters. The number of hydrogen-bond acceptors (Lipinski definition) is 9. The monoisotopic (exact) mass is 601 g/mol. The van der Waals surface area contributed by atoms with E-state index in [0.717, 1.165) is 49.0 Å². The van der Waals surface area contributed by atoms with Crippen molar-refractivity contribution in [2.45, 2.75) is 31.8 Å². The number of nitrogens with two attached hydrogens (primary N) is 2. The molecule has 7 N–H and O–H groups in total. The van der Waals surface area contributed by atoms with Crippen LogP contribution in [-0.4, -0.2) is 90.2 Å². The van der Waals surface area contributed by atoms with Crippen molar-refractivity contribution in [1.29, 1.82) is 0 Å². The molecule has 0 bridgehead atoms. The third kappa shape index (κ3) is 11.0. The molecule has 0 aliphatic heterocycles. The van der Waals surface area contributed by atoms with Crippen LogP contribution in [-0.2, 0) is 12.8 Å². The van der Waals surface area contributed by atoms with Gasteiger partial charge in [-0.25, -0.2) is 9.97 Å². The number of likely N-dealkylation sites (N-methyl/N-ethyl adjacent to an activating group) is 1. The number of aliphatic hydroxyl groups excluding tert-OH is 2. The van der Waals surface area contributed by atoms with Crippen LogP contribution in [0, 0.1) is 0 Å². The molecule has 0 fully saturated rings. The van der Waals surface area contributed by atoms with E-state index in [-0.39, 0.29) is 35.7 Å². The topological polar surface area (TPSA) is 166 Å². The van der Waals surface area contributed by atoms with Crippen LogP contribution >= 0.6 is 11.6 Å². The Morgan fingerprint density at radius 1 is 0.929 bits per heavy atom. The second-order valence-corrected chi connectivity index (χ2v) is 11.1. The lowest BCUT2D eigenvalue weighted by Crippen LogP contribution is -2.46. The Bertz CT molecular complexity index is 1270. The molecule has 228 valence electrons. The molecule has 0 unspecified atom stereocenters. The summed E-state index contributed by atoms with van der Waals surface area (Å²) >= 11 is 5.87. The first-order valence-electron chi connectivity index (χ1n) is 14.0. The number of amides is 1. The Morgan fingerprint density at radius 2 is 1.52 bits per heavy atom. The third-order valence-electron chi connectivity index (χ3n) is 6.73. The molecular formula is C30H42ClN6O5+. The molecule has 11 nitrogen and oxygen atoms in total. The molecule has 1 heterocycles. The van der Waals surface area contributed by atoms with Crippen molar-refractivity contribution in [1.82, 2.24) is 15.3 Å². The molecule has 0 saturated heterocycles. The molecule has 0 aliphatic carbocycles. The smallest absolute Gasteiger partial charge is 0.273 e. The molecule has 3 aromatic rings. The maximum absolute atomic E-state index is 12.4. The molecule has 0 spiro atoms. The maximum Gasteiger partial charge on any atom is 0.273 e. The standard InChI is InChI=1S/C30H41ClN6O5/c1-37(2,17-15-34-30(40)26-28(32)36-29(33)27(31)35-26)16-3-5-21-7-11-24(12-8-21)41-18-4-6-22-9-13-25(14-10-22)42-20-23(39)19-38/h7-14,23,38-39H,3-6,15-20H2,1-2H3,(H4-,32,33,34,36,40)/p+1/t23-/m1/s1. The largest absolute Gasteiger partial charge is 0.494 e. The summed E-state index contributed by atoms with van der Waals surface area (Å²) in [6.45, 7) is 2.50. The number of halogens is 1. The van der Waals surface area contributed by atoms with Crippen molar-refractivity contribution < 1.29 is 29.0 Å². The summed E-state index contributed by atoms with van der Waals surface area (Å²) in [5.74, 6) is 1.03. The molecule has 12 heteroatoms. The zero-order valence-corrected chi connectivity index (χ0v) is 25.0. The number of nitrogens with zero attached hydrogens (tertiary/aromatic N) is 3. The molecular weight excluding hydrogens is 560 g/mol. The predicted molar refractivity (Wildman–Crippen MR) is 164 cm³/mol. The van der Waals surface area contributed by atoms with Gasteiger partial charge in [0.2, 0.25) is 0 Å². The summed E-state index contributed by atoms with van der Waals surface area (Å²) in [6.07, 6.45) is 2.84. The normalized spacial score (nSPS) is 12.1. The molecule has 3 rings (SSSR count). The van der Waals surface area contributed by atoms with Gasteiger partial charge in [0.1, 0.15) is 24.2 Å². The second kappa shape index (κ2) is 16.1. The zero-order chi connectivity index (χ0) is 30.5. The highest BCUT2D eigenvalue weighted by molar-refractivity contribution is 6.31. The Kier molecular flexibility index (Phi) is 12.6. The van der Waals surface area contributed by atoms with E-state index >= 15 is 0 Å². The highest BCUT2D eigenvalue weighted by atomic mass is 35.5. The lowest BCUT2D eigenvalue weighted by Gasteiger charge is -2.30. The van der Waals surface area contributed by atoms with Gasteiger partial charge in [0.05, 0.1) is 46.9 Å². The average molecular weight is 602 g/mol. The average Bonchev–Trinajstić information content (AvgIpc) is 2.97. The van der Waals surface area contributed by atoms with E-state index in [9.17, 15) is 9.90 Å². The van der Waals surface area contributed by atoms with Crippen LogP contribution in [0.1, 0.15) is 34.5 Å². The number of aryl methyl sites for hydroxylation is 2. The van der Waals surface area contributed by atoms with Crippen LogP contribution < -0.4 is 26.3 Å².